The van der Waals surface area contributed by atoms with Gasteiger partial charge in [0.15, 0.2) is 5.78 Å². The number of thioether (sulfide) groups is 1. The van der Waals surface area contributed by atoms with Gasteiger partial charge >= 0.3 is 0 Å². The summed E-state index contributed by atoms with van der Waals surface area (Å²) in [5.74, 6) is 1.07. The van der Waals surface area contributed by atoms with Crippen molar-refractivity contribution in [2.75, 3.05) is 18.2 Å². The van der Waals surface area contributed by atoms with Crippen molar-refractivity contribution in [3.8, 4) is 5.75 Å². The molecule has 2 rings (SSSR count). The van der Waals surface area contributed by atoms with Gasteiger partial charge in [0, 0.05) is 22.6 Å². The summed E-state index contributed by atoms with van der Waals surface area (Å²) in [4.78, 5) is 25.1. The van der Waals surface area contributed by atoms with Crippen LogP contribution in [0.15, 0.2) is 53.4 Å². The highest BCUT2D eigenvalue weighted by Crippen LogP contribution is 2.23. The molecule has 0 saturated carbocycles. The minimum absolute atomic E-state index is 0.0245. The van der Waals surface area contributed by atoms with Gasteiger partial charge in [-0.05, 0) is 36.8 Å². The van der Waals surface area contributed by atoms with Crippen molar-refractivity contribution in [1.29, 1.82) is 0 Å². The van der Waals surface area contributed by atoms with E-state index in [-0.39, 0.29) is 11.7 Å². The number of rotatable bonds is 9. The van der Waals surface area contributed by atoms with Gasteiger partial charge in [0.1, 0.15) is 5.75 Å². The van der Waals surface area contributed by atoms with Gasteiger partial charge in [0.25, 0.3) is 0 Å². The maximum Gasteiger partial charge on any atom is 0.224 e. The van der Waals surface area contributed by atoms with Crippen LogP contribution in [-0.4, -0.2) is 24.6 Å². The van der Waals surface area contributed by atoms with Gasteiger partial charge in [-0.25, -0.2) is 0 Å². The number of hydrogen-bond donors (Lipinski definition) is 1. The van der Waals surface area contributed by atoms with Crippen LogP contribution in [0.3, 0.4) is 0 Å². The molecule has 0 spiro atoms. The molecule has 0 saturated heterocycles. The Morgan fingerprint density at radius 1 is 1.12 bits per heavy atom. The minimum Gasteiger partial charge on any atom is -0.497 e. The number of hydrogen-bond acceptors (Lipinski definition) is 4. The molecule has 4 nitrogen and oxygen atoms in total. The van der Waals surface area contributed by atoms with Crippen LogP contribution in [0, 0.1) is 0 Å². The maximum absolute atomic E-state index is 12.3. The fourth-order valence-electron chi connectivity index (χ4n) is 2.25. The first-order valence-electron chi connectivity index (χ1n) is 8.32. The van der Waals surface area contributed by atoms with E-state index < -0.39 is 0 Å². The number of benzene rings is 2. The van der Waals surface area contributed by atoms with Crippen molar-refractivity contribution in [2.45, 2.75) is 31.1 Å². The van der Waals surface area contributed by atoms with Crippen molar-refractivity contribution < 1.29 is 14.3 Å². The van der Waals surface area contributed by atoms with Crippen molar-refractivity contribution in [3.63, 3.8) is 0 Å². The van der Waals surface area contributed by atoms with E-state index in [4.69, 9.17) is 4.74 Å². The Morgan fingerprint density at radius 2 is 1.92 bits per heavy atom. The molecular formula is C20H23NO3S. The van der Waals surface area contributed by atoms with Crippen LogP contribution in [0.25, 0.3) is 0 Å². The van der Waals surface area contributed by atoms with Crippen molar-refractivity contribution in [1.82, 2.24) is 0 Å². The zero-order valence-corrected chi connectivity index (χ0v) is 15.4. The van der Waals surface area contributed by atoms with Gasteiger partial charge in [-0.1, -0.05) is 31.5 Å². The summed E-state index contributed by atoms with van der Waals surface area (Å²) in [6.07, 6.45) is 2.41. The number of unbranched alkanes of at least 4 members (excludes halogenated alkanes) is 1. The number of ketones is 1. The summed E-state index contributed by atoms with van der Waals surface area (Å²) in [7, 11) is 1.58. The van der Waals surface area contributed by atoms with E-state index in [9.17, 15) is 9.59 Å². The Balaban J connectivity index is 1.93. The highest BCUT2D eigenvalue weighted by molar-refractivity contribution is 8.00. The van der Waals surface area contributed by atoms with Crippen LogP contribution in [0.1, 0.15) is 36.5 Å². The van der Waals surface area contributed by atoms with Crippen LogP contribution in [-0.2, 0) is 4.79 Å². The van der Waals surface area contributed by atoms with Gasteiger partial charge in [0.05, 0.1) is 12.9 Å². The zero-order chi connectivity index (χ0) is 18.1. The molecule has 0 aliphatic heterocycles. The molecule has 5 heteroatoms. The van der Waals surface area contributed by atoms with E-state index in [0.29, 0.717) is 23.5 Å². The molecular weight excluding hydrogens is 334 g/mol. The predicted octanol–water partition coefficient (Wildman–Crippen LogP) is 4.80. The lowest BCUT2D eigenvalue weighted by Gasteiger charge is -2.07. The fraction of sp³-hybridized carbons (Fsp3) is 0.300. The van der Waals surface area contributed by atoms with Gasteiger partial charge < -0.3 is 10.1 Å². The molecule has 0 fully saturated rings. The third-order valence-corrected chi connectivity index (χ3v) is 4.63. The van der Waals surface area contributed by atoms with Gasteiger partial charge in [-0.15, -0.1) is 11.8 Å². The molecule has 0 aliphatic carbocycles. The number of Topliss-reactive ketones (excluding diaryl/α,β-unsaturated/α-hetero) is 1. The number of carbonyl (C=O) groups is 2. The molecule has 1 amide bonds. The predicted molar refractivity (Wildman–Crippen MR) is 103 cm³/mol. The highest BCUT2D eigenvalue weighted by atomic mass is 32.2. The lowest BCUT2D eigenvalue weighted by molar-refractivity contribution is -0.116. The standard InChI is InChI=1S/C20H23NO3S/c1-3-4-11-20(23)21-16-8-6-10-18(13-16)25-14-19(22)15-7-5-9-17(12-15)24-2/h5-10,12-13H,3-4,11,14H2,1-2H3,(H,21,23). The highest BCUT2D eigenvalue weighted by Gasteiger charge is 2.09. The molecule has 2 aromatic rings. The van der Waals surface area contributed by atoms with E-state index in [1.54, 1.807) is 19.2 Å². The SMILES string of the molecule is CCCCC(=O)Nc1cccc(SCC(=O)c2cccc(OC)c2)c1. The van der Waals surface area contributed by atoms with Crippen molar-refractivity contribution >= 4 is 29.1 Å². The number of methoxy groups -OCH3 is 1. The van der Waals surface area contributed by atoms with Gasteiger partial charge in [0.2, 0.25) is 5.91 Å². The lowest BCUT2D eigenvalue weighted by Crippen LogP contribution is -2.10. The molecule has 0 aliphatic rings. The third-order valence-electron chi connectivity index (χ3n) is 3.64. The van der Waals surface area contributed by atoms with E-state index in [0.717, 1.165) is 23.4 Å². The Hall–Kier alpha value is -2.27. The van der Waals surface area contributed by atoms with E-state index in [1.165, 1.54) is 11.8 Å². The quantitative estimate of drug-likeness (QED) is 0.517. The van der Waals surface area contributed by atoms with E-state index in [1.807, 2.05) is 36.4 Å². The van der Waals surface area contributed by atoms with Gasteiger partial charge in [-0.3, -0.25) is 9.59 Å². The number of ether oxygens (including phenoxy) is 1. The summed E-state index contributed by atoms with van der Waals surface area (Å²) >= 11 is 1.45. The number of carbonyl (C=O) groups excluding carboxylic acids is 2. The van der Waals surface area contributed by atoms with E-state index in [2.05, 4.69) is 12.2 Å². The zero-order valence-electron chi connectivity index (χ0n) is 14.6. The van der Waals surface area contributed by atoms with Crippen LogP contribution >= 0.6 is 11.8 Å². The summed E-state index contributed by atoms with van der Waals surface area (Å²) < 4.78 is 5.15. The molecule has 0 aromatic heterocycles. The largest absolute Gasteiger partial charge is 0.497 e. The molecule has 0 atom stereocenters. The normalized spacial score (nSPS) is 10.3. The second kappa shape index (κ2) is 9.89. The summed E-state index contributed by atoms with van der Waals surface area (Å²) in [5, 5.41) is 2.90. The smallest absolute Gasteiger partial charge is 0.224 e. The average molecular weight is 357 g/mol. The van der Waals surface area contributed by atoms with Crippen LogP contribution < -0.4 is 10.1 Å². The number of amides is 1. The van der Waals surface area contributed by atoms with Gasteiger partial charge in [-0.2, -0.15) is 0 Å². The Morgan fingerprint density at radius 3 is 2.68 bits per heavy atom. The molecule has 25 heavy (non-hydrogen) atoms. The lowest BCUT2D eigenvalue weighted by atomic mass is 10.1. The van der Waals surface area contributed by atoms with Crippen molar-refractivity contribution in [3.05, 3.63) is 54.1 Å². The molecule has 0 unspecified atom stereocenters. The average Bonchev–Trinajstić information content (AvgIpc) is 2.64. The molecule has 132 valence electrons. The van der Waals surface area contributed by atoms with E-state index >= 15 is 0 Å². The fourth-order valence-corrected chi connectivity index (χ4v) is 3.10. The Kier molecular flexibility index (Phi) is 7.54. The number of nitrogens with one attached hydrogen (secondary N) is 1. The topological polar surface area (TPSA) is 55.4 Å². The monoisotopic (exact) mass is 357 g/mol. The molecule has 0 radical (unpaired) electrons. The molecule has 2 aromatic carbocycles. The third kappa shape index (κ3) is 6.27. The first-order chi connectivity index (χ1) is 12.1. The summed E-state index contributed by atoms with van der Waals surface area (Å²) in [5.41, 5.74) is 1.40. The maximum atomic E-state index is 12.3. The second-order valence-electron chi connectivity index (χ2n) is 5.62. The molecule has 0 bridgehead atoms. The summed E-state index contributed by atoms with van der Waals surface area (Å²) in [6, 6.07) is 14.7. The Bertz CT molecular complexity index is 730. The van der Waals surface area contributed by atoms with Crippen LogP contribution in [0.2, 0.25) is 0 Å². The van der Waals surface area contributed by atoms with Crippen LogP contribution in [0.5, 0.6) is 5.75 Å². The molecule has 1 N–H and O–H groups in total. The Labute approximate surface area is 153 Å². The molecule has 0 heterocycles. The first kappa shape index (κ1) is 19.1. The number of anilines is 1. The minimum atomic E-state index is 0.0245. The van der Waals surface area contributed by atoms with Crippen LogP contribution in [0.4, 0.5) is 5.69 Å². The second-order valence-corrected chi connectivity index (χ2v) is 6.67. The first-order valence-corrected chi connectivity index (χ1v) is 9.31. The summed E-state index contributed by atoms with van der Waals surface area (Å²) in [6.45, 7) is 2.06. The van der Waals surface area contributed by atoms with Crippen molar-refractivity contribution in [2.24, 2.45) is 0 Å².